The summed E-state index contributed by atoms with van der Waals surface area (Å²) in [6, 6.07) is 12.2. The molecule has 0 radical (unpaired) electrons. The second kappa shape index (κ2) is 9.71. The first-order valence-electron chi connectivity index (χ1n) is 9.36. The predicted octanol–water partition coefficient (Wildman–Crippen LogP) is 5.40. The number of hydrogen-bond acceptors (Lipinski definition) is 4. The first kappa shape index (κ1) is 20.4. The average molecular weight is 369 g/mol. The van der Waals surface area contributed by atoms with E-state index < -0.39 is 4.92 Å². The molecule has 0 bridgehead atoms. The van der Waals surface area contributed by atoms with Crippen molar-refractivity contribution in [1.29, 1.82) is 0 Å². The molecule has 0 saturated carbocycles. The minimum absolute atomic E-state index is 0.0156. The number of anilines is 2. The molecule has 2 aromatic rings. The Morgan fingerprint density at radius 1 is 1.11 bits per heavy atom. The fourth-order valence-electron chi connectivity index (χ4n) is 2.80. The second-order valence-corrected chi connectivity index (χ2v) is 6.90. The number of hydrogen-bond donors (Lipinski definition) is 2. The number of benzene rings is 2. The van der Waals surface area contributed by atoms with Gasteiger partial charge in [-0.05, 0) is 56.5 Å². The van der Waals surface area contributed by atoms with E-state index in [-0.39, 0.29) is 17.6 Å². The lowest BCUT2D eigenvalue weighted by molar-refractivity contribution is -0.384. The highest BCUT2D eigenvalue weighted by Gasteiger charge is 2.16. The van der Waals surface area contributed by atoms with E-state index in [0.29, 0.717) is 16.9 Å². The quantitative estimate of drug-likeness (QED) is 0.352. The molecule has 2 rings (SSSR count). The summed E-state index contributed by atoms with van der Waals surface area (Å²) in [7, 11) is 0. The highest BCUT2D eigenvalue weighted by Crippen LogP contribution is 2.28. The largest absolute Gasteiger partial charge is 0.377 e. The first-order valence-corrected chi connectivity index (χ1v) is 9.36. The van der Waals surface area contributed by atoms with Crippen molar-refractivity contribution in [2.24, 2.45) is 0 Å². The van der Waals surface area contributed by atoms with E-state index in [1.807, 2.05) is 38.1 Å². The van der Waals surface area contributed by atoms with Gasteiger partial charge in [0.1, 0.15) is 5.69 Å². The number of rotatable bonds is 9. The van der Waals surface area contributed by atoms with Crippen molar-refractivity contribution in [1.82, 2.24) is 0 Å². The Labute approximate surface area is 160 Å². The maximum Gasteiger partial charge on any atom is 0.292 e. The summed E-state index contributed by atoms with van der Waals surface area (Å²) >= 11 is 0. The van der Waals surface area contributed by atoms with Crippen molar-refractivity contribution in [3.63, 3.8) is 0 Å². The zero-order chi connectivity index (χ0) is 19.8. The lowest BCUT2D eigenvalue weighted by Gasteiger charge is -2.12. The number of carbonyl (C=O) groups is 1. The van der Waals surface area contributed by atoms with E-state index in [9.17, 15) is 14.9 Å². The molecule has 0 heterocycles. The molecule has 1 amide bonds. The molecular formula is C21H27N3O3. The number of nitro groups is 1. The first-order chi connectivity index (χ1) is 12.9. The number of amides is 1. The van der Waals surface area contributed by atoms with Gasteiger partial charge in [0.15, 0.2) is 0 Å². The molecule has 0 atom stereocenters. The highest BCUT2D eigenvalue weighted by atomic mass is 16.6. The van der Waals surface area contributed by atoms with Gasteiger partial charge >= 0.3 is 0 Å². The van der Waals surface area contributed by atoms with E-state index in [2.05, 4.69) is 17.6 Å². The summed E-state index contributed by atoms with van der Waals surface area (Å²) < 4.78 is 0. The summed E-state index contributed by atoms with van der Waals surface area (Å²) in [5.74, 6) is -0.237. The summed E-state index contributed by atoms with van der Waals surface area (Å²) in [6.07, 6.45) is 4.55. The van der Waals surface area contributed by atoms with Crippen LogP contribution in [0.2, 0.25) is 0 Å². The number of carbonyl (C=O) groups excluding carboxylic acids is 1. The molecule has 0 spiro atoms. The molecule has 6 heteroatoms. The Balaban J connectivity index is 2.09. The third-order valence-corrected chi connectivity index (χ3v) is 4.18. The topological polar surface area (TPSA) is 84.3 Å². The zero-order valence-corrected chi connectivity index (χ0v) is 16.1. The van der Waals surface area contributed by atoms with Crippen LogP contribution in [0.25, 0.3) is 0 Å². The Morgan fingerprint density at radius 2 is 1.81 bits per heavy atom. The smallest absolute Gasteiger partial charge is 0.292 e. The van der Waals surface area contributed by atoms with Crippen molar-refractivity contribution in [2.45, 2.75) is 52.5 Å². The average Bonchev–Trinajstić information content (AvgIpc) is 2.62. The molecule has 0 fully saturated rings. The normalized spacial score (nSPS) is 10.7. The second-order valence-electron chi connectivity index (χ2n) is 6.90. The lowest BCUT2D eigenvalue weighted by atomic mass is 10.1. The molecule has 2 N–H and O–H groups in total. The minimum Gasteiger partial charge on any atom is -0.377 e. The van der Waals surface area contributed by atoms with Gasteiger partial charge in [-0.3, -0.25) is 14.9 Å². The third kappa shape index (κ3) is 6.09. The Hall–Kier alpha value is -2.89. The van der Waals surface area contributed by atoms with Crippen LogP contribution >= 0.6 is 0 Å². The summed E-state index contributed by atoms with van der Waals surface area (Å²) in [4.78, 5) is 23.2. The van der Waals surface area contributed by atoms with Crippen LogP contribution in [-0.2, 0) is 6.42 Å². The molecule has 0 aliphatic heterocycles. The van der Waals surface area contributed by atoms with Crippen LogP contribution < -0.4 is 10.6 Å². The zero-order valence-electron chi connectivity index (χ0n) is 16.1. The SMILES string of the molecule is CCCCCc1ccc(C(=O)Nc2ccc([N+](=O)[O-])c(NC(C)C)c2)cc1. The lowest BCUT2D eigenvalue weighted by Crippen LogP contribution is -2.14. The van der Waals surface area contributed by atoms with E-state index in [1.165, 1.54) is 24.5 Å². The van der Waals surface area contributed by atoms with Gasteiger partial charge in [-0.15, -0.1) is 0 Å². The molecule has 0 saturated heterocycles. The van der Waals surface area contributed by atoms with E-state index in [1.54, 1.807) is 12.1 Å². The van der Waals surface area contributed by atoms with Crippen LogP contribution in [0.1, 0.15) is 56.0 Å². The van der Waals surface area contributed by atoms with Crippen LogP contribution in [0, 0.1) is 10.1 Å². The fourth-order valence-corrected chi connectivity index (χ4v) is 2.80. The van der Waals surface area contributed by atoms with Crippen LogP contribution in [-0.4, -0.2) is 16.9 Å². The van der Waals surface area contributed by atoms with Crippen molar-refractivity contribution < 1.29 is 9.72 Å². The maximum absolute atomic E-state index is 12.5. The number of nitro benzene ring substituents is 1. The number of aryl methyl sites for hydroxylation is 1. The highest BCUT2D eigenvalue weighted by molar-refractivity contribution is 6.04. The van der Waals surface area contributed by atoms with Gasteiger partial charge in [-0.1, -0.05) is 31.9 Å². The number of nitrogens with zero attached hydrogens (tertiary/aromatic N) is 1. The Bertz CT molecular complexity index is 786. The summed E-state index contributed by atoms with van der Waals surface area (Å²) in [6.45, 7) is 5.97. The number of unbranched alkanes of at least 4 members (excludes halogenated alkanes) is 2. The van der Waals surface area contributed by atoms with Crippen LogP contribution in [0.4, 0.5) is 17.1 Å². The van der Waals surface area contributed by atoms with Crippen molar-refractivity contribution in [2.75, 3.05) is 10.6 Å². The van der Waals surface area contributed by atoms with Gasteiger partial charge < -0.3 is 10.6 Å². The molecule has 0 aromatic heterocycles. The van der Waals surface area contributed by atoms with Crippen LogP contribution in [0.15, 0.2) is 42.5 Å². The van der Waals surface area contributed by atoms with E-state index >= 15 is 0 Å². The molecular weight excluding hydrogens is 342 g/mol. The molecule has 27 heavy (non-hydrogen) atoms. The summed E-state index contributed by atoms with van der Waals surface area (Å²) in [5.41, 5.74) is 2.67. The van der Waals surface area contributed by atoms with Gasteiger partial charge in [0.2, 0.25) is 0 Å². The maximum atomic E-state index is 12.5. The fraction of sp³-hybridized carbons (Fsp3) is 0.381. The summed E-state index contributed by atoms with van der Waals surface area (Å²) in [5, 5.41) is 17.0. The van der Waals surface area contributed by atoms with Gasteiger partial charge in [0, 0.05) is 23.4 Å². The van der Waals surface area contributed by atoms with E-state index in [4.69, 9.17) is 0 Å². The van der Waals surface area contributed by atoms with Crippen LogP contribution in [0.5, 0.6) is 0 Å². The standard InChI is InChI=1S/C21H27N3O3/c1-4-5-6-7-16-8-10-17(11-9-16)21(25)23-18-12-13-20(24(26)27)19(14-18)22-15(2)3/h8-15,22H,4-7H2,1-3H3,(H,23,25). The predicted molar refractivity (Wildman–Crippen MR) is 109 cm³/mol. The van der Waals surface area contributed by atoms with Gasteiger partial charge in [0.25, 0.3) is 11.6 Å². The van der Waals surface area contributed by atoms with Crippen molar-refractivity contribution in [3.05, 3.63) is 63.7 Å². The molecule has 0 aliphatic rings. The van der Waals surface area contributed by atoms with Crippen molar-refractivity contribution in [3.8, 4) is 0 Å². The Kier molecular flexibility index (Phi) is 7.34. The monoisotopic (exact) mass is 369 g/mol. The molecule has 2 aromatic carbocycles. The number of nitrogens with one attached hydrogen (secondary N) is 2. The minimum atomic E-state index is -0.437. The van der Waals surface area contributed by atoms with Gasteiger partial charge in [-0.2, -0.15) is 0 Å². The Morgan fingerprint density at radius 3 is 2.41 bits per heavy atom. The molecule has 144 valence electrons. The van der Waals surface area contributed by atoms with Crippen LogP contribution in [0.3, 0.4) is 0 Å². The van der Waals surface area contributed by atoms with Gasteiger partial charge in [-0.25, -0.2) is 0 Å². The molecule has 0 unspecified atom stereocenters. The molecule has 0 aliphatic carbocycles. The third-order valence-electron chi connectivity index (χ3n) is 4.18. The van der Waals surface area contributed by atoms with E-state index in [0.717, 1.165) is 12.8 Å². The molecule has 6 nitrogen and oxygen atoms in total. The van der Waals surface area contributed by atoms with Crippen molar-refractivity contribution >= 4 is 23.0 Å². The van der Waals surface area contributed by atoms with Gasteiger partial charge in [0.05, 0.1) is 4.92 Å².